The van der Waals surface area contributed by atoms with Crippen LogP contribution in [0.15, 0.2) is 24.3 Å². The van der Waals surface area contributed by atoms with E-state index < -0.39 is 0 Å². The van der Waals surface area contributed by atoms with Crippen LogP contribution in [0.1, 0.15) is 34.4 Å². The number of anilines is 2. The Morgan fingerprint density at radius 3 is 2.76 bits per heavy atom. The van der Waals surface area contributed by atoms with Crippen molar-refractivity contribution in [3.05, 3.63) is 52.2 Å². The van der Waals surface area contributed by atoms with Crippen LogP contribution in [-0.4, -0.2) is 11.5 Å². The van der Waals surface area contributed by atoms with E-state index in [2.05, 4.69) is 41.1 Å². The number of pyridine rings is 1. The zero-order chi connectivity index (χ0) is 15.0. The van der Waals surface area contributed by atoms with Crippen molar-refractivity contribution < 1.29 is 0 Å². The summed E-state index contributed by atoms with van der Waals surface area (Å²) in [6.07, 6.45) is 2.19. The smallest absolute Gasteiger partial charge is 0.151 e. The van der Waals surface area contributed by atoms with Crippen LogP contribution in [0.5, 0.6) is 0 Å². The molecule has 0 fully saturated rings. The SMILES string of the molecule is Cc1ccc2c(c1)CCCN2c1nc(C)cc(C)c1C#N. The van der Waals surface area contributed by atoms with E-state index >= 15 is 0 Å². The summed E-state index contributed by atoms with van der Waals surface area (Å²) < 4.78 is 0. The van der Waals surface area contributed by atoms with E-state index in [0.29, 0.717) is 5.56 Å². The topological polar surface area (TPSA) is 39.9 Å². The van der Waals surface area contributed by atoms with Crippen LogP contribution in [-0.2, 0) is 6.42 Å². The molecular weight excluding hydrogens is 258 g/mol. The fourth-order valence-corrected chi connectivity index (χ4v) is 3.10. The summed E-state index contributed by atoms with van der Waals surface area (Å²) in [5.74, 6) is 0.805. The monoisotopic (exact) mass is 277 g/mol. The van der Waals surface area contributed by atoms with E-state index in [1.54, 1.807) is 0 Å². The first-order valence-electron chi connectivity index (χ1n) is 7.35. The molecule has 0 radical (unpaired) electrons. The summed E-state index contributed by atoms with van der Waals surface area (Å²) >= 11 is 0. The highest BCUT2D eigenvalue weighted by molar-refractivity contribution is 5.71. The first kappa shape index (κ1) is 13.6. The zero-order valence-electron chi connectivity index (χ0n) is 12.8. The molecule has 0 spiro atoms. The van der Waals surface area contributed by atoms with Gasteiger partial charge in [-0.1, -0.05) is 17.7 Å². The zero-order valence-corrected chi connectivity index (χ0v) is 12.8. The minimum Gasteiger partial charge on any atom is -0.325 e. The molecule has 0 aliphatic carbocycles. The molecule has 0 N–H and O–H groups in total. The average molecular weight is 277 g/mol. The highest BCUT2D eigenvalue weighted by atomic mass is 15.2. The summed E-state index contributed by atoms with van der Waals surface area (Å²) in [5.41, 5.74) is 6.48. The van der Waals surface area contributed by atoms with Gasteiger partial charge in [-0.25, -0.2) is 4.98 Å². The molecule has 0 amide bonds. The van der Waals surface area contributed by atoms with Gasteiger partial charge in [0.2, 0.25) is 0 Å². The fraction of sp³-hybridized carbons (Fsp3) is 0.333. The van der Waals surface area contributed by atoms with Crippen molar-refractivity contribution in [3.63, 3.8) is 0 Å². The van der Waals surface area contributed by atoms with E-state index in [0.717, 1.165) is 36.5 Å². The Balaban J connectivity index is 2.18. The van der Waals surface area contributed by atoms with Gasteiger partial charge in [0.05, 0.1) is 5.56 Å². The molecule has 1 aliphatic heterocycles. The average Bonchev–Trinajstić information content (AvgIpc) is 2.45. The molecule has 3 rings (SSSR count). The quantitative estimate of drug-likeness (QED) is 0.792. The Bertz CT molecular complexity index is 741. The molecule has 0 bridgehead atoms. The van der Waals surface area contributed by atoms with Gasteiger partial charge in [0.25, 0.3) is 0 Å². The predicted molar refractivity (Wildman–Crippen MR) is 84.9 cm³/mol. The standard InChI is InChI=1S/C18H19N3/c1-12-6-7-17-15(9-12)5-4-8-21(17)18-16(11-19)13(2)10-14(3)20-18/h6-7,9-10H,4-5,8H2,1-3H3. The molecular formula is C18H19N3. The Morgan fingerprint density at radius 2 is 2.00 bits per heavy atom. The van der Waals surface area contributed by atoms with Crippen LogP contribution >= 0.6 is 0 Å². The second-order valence-electron chi connectivity index (χ2n) is 5.78. The largest absolute Gasteiger partial charge is 0.325 e. The Morgan fingerprint density at radius 1 is 1.19 bits per heavy atom. The van der Waals surface area contributed by atoms with Crippen molar-refractivity contribution in [2.45, 2.75) is 33.6 Å². The van der Waals surface area contributed by atoms with Crippen LogP contribution in [0.3, 0.4) is 0 Å². The lowest BCUT2D eigenvalue weighted by molar-refractivity contribution is 0.756. The summed E-state index contributed by atoms with van der Waals surface area (Å²) in [4.78, 5) is 6.86. The number of rotatable bonds is 1. The molecule has 0 unspecified atom stereocenters. The summed E-state index contributed by atoms with van der Waals surface area (Å²) in [7, 11) is 0. The Labute approximate surface area is 125 Å². The molecule has 0 saturated heterocycles. The molecule has 0 atom stereocenters. The normalized spacial score (nSPS) is 13.7. The van der Waals surface area contributed by atoms with Gasteiger partial charge in [0.15, 0.2) is 5.82 Å². The minimum atomic E-state index is 0.689. The number of fused-ring (bicyclic) bond motifs is 1. The molecule has 1 aromatic carbocycles. The van der Waals surface area contributed by atoms with Gasteiger partial charge in [0, 0.05) is 17.9 Å². The van der Waals surface area contributed by atoms with E-state index in [4.69, 9.17) is 0 Å². The second-order valence-corrected chi connectivity index (χ2v) is 5.78. The number of benzene rings is 1. The third kappa shape index (κ3) is 2.38. The van der Waals surface area contributed by atoms with Gasteiger partial charge in [-0.3, -0.25) is 0 Å². The molecule has 0 saturated carbocycles. The summed E-state index contributed by atoms with van der Waals surface area (Å²) in [6, 6.07) is 10.8. The number of nitrogens with zero attached hydrogens (tertiary/aromatic N) is 3. The van der Waals surface area contributed by atoms with Crippen LogP contribution in [0.25, 0.3) is 0 Å². The lowest BCUT2D eigenvalue weighted by Crippen LogP contribution is -2.26. The molecule has 21 heavy (non-hydrogen) atoms. The van der Waals surface area contributed by atoms with Crippen LogP contribution in [0.4, 0.5) is 11.5 Å². The fourth-order valence-electron chi connectivity index (χ4n) is 3.10. The van der Waals surface area contributed by atoms with Crippen molar-refractivity contribution in [2.75, 3.05) is 11.4 Å². The molecule has 2 heterocycles. The molecule has 1 aromatic heterocycles. The van der Waals surface area contributed by atoms with Crippen molar-refractivity contribution >= 4 is 11.5 Å². The van der Waals surface area contributed by atoms with Crippen LogP contribution in [0.2, 0.25) is 0 Å². The summed E-state index contributed by atoms with van der Waals surface area (Å²) in [5, 5.41) is 9.50. The lowest BCUT2D eigenvalue weighted by atomic mass is 9.98. The first-order valence-corrected chi connectivity index (χ1v) is 7.35. The van der Waals surface area contributed by atoms with E-state index in [-0.39, 0.29) is 0 Å². The molecule has 1 aliphatic rings. The van der Waals surface area contributed by atoms with Gasteiger partial charge in [-0.05, 0) is 56.9 Å². The highest BCUT2D eigenvalue weighted by Gasteiger charge is 2.22. The second kappa shape index (κ2) is 5.21. The number of aromatic nitrogens is 1. The number of nitriles is 1. The predicted octanol–water partition coefficient (Wildman–Crippen LogP) is 3.96. The van der Waals surface area contributed by atoms with Gasteiger partial charge >= 0.3 is 0 Å². The van der Waals surface area contributed by atoms with Crippen LogP contribution in [0, 0.1) is 32.1 Å². The minimum absolute atomic E-state index is 0.689. The number of hydrogen-bond donors (Lipinski definition) is 0. The maximum Gasteiger partial charge on any atom is 0.151 e. The van der Waals surface area contributed by atoms with Crippen molar-refractivity contribution in [1.82, 2.24) is 4.98 Å². The molecule has 3 heteroatoms. The van der Waals surface area contributed by atoms with Gasteiger partial charge in [-0.15, -0.1) is 0 Å². The third-order valence-corrected chi connectivity index (χ3v) is 4.05. The Kier molecular flexibility index (Phi) is 3.39. The van der Waals surface area contributed by atoms with Crippen molar-refractivity contribution in [3.8, 4) is 6.07 Å². The third-order valence-electron chi connectivity index (χ3n) is 4.05. The van der Waals surface area contributed by atoms with E-state index in [1.165, 1.54) is 16.8 Å². The molecule has 2 aromatic rings. The molecule has 106 valence electrons. The molecule has 3 nitrogen and oxygen atoms in total. The Hall–Kier alpha value is -2.34. The maximum absolute atomic E-state index is 9.50. The van der Waals surface area contributed by atoms with Crippen molar-refractivity contribution in [2.24, 2.45) is 0 Å². The highest BCUT2D eigenvalue weighted by Crippen LogP contribution is 2.35. The van der Waals surface area contributed by atoms with Crippen molar-refractivity contribution in [1.29, 1.82) is 5.26 Å². The lowest BCUT2D eigenvalue weighted by Gasteiger charge is -2.31. The van der Waals surface area contributed by atoms with Gasteiger partial charge in [0.1, 0.15) is 6.07 Å². The van der Waals surface area contributed by atoms with E-state index in [1.807, 2.05) is 19.9 Å². The van der Waals surface area contributed by atoms with Crippen LogP contribution < -0.4 is 4.90 Å². The number of hydrogen-bond acceptors (Lipinski definition) is 3. The summed E-state index contributed by atoms with van der Waals surface area (Å²) in [6.45, 7) is 7.00. The van der Waals surface area contributed by atoms with E-state index in [9.17, 15) is 5.26 Å². The van der Waals surface area contributed by atoms with Gasteiger partial charge < -0.3 is 4.90 Å². The maximum atomic E-state index is 9.50. The first-order chi connectivity index (χ1) is 10.1. The number of aryl methyl sites for hydroxylation is 4. The van der Waals surface area contributed by atoms with Gasteiger partial charge in [-0.2, -0.15) is 5.26 Å².